The summed E-state index contributed by atoms with van der Waals surface area (Å²) in [5, 5.41) is 2.66. The van der Waals surface area contributed by atoms with Gasteiger partial charge in [-0.2, -0.15) is 0 Å². The number of piperazine rings is 1. The van der Waals surface area contributed by atoms with E-state index in [9.17, 15) is 18.4 Å². The van der Waals surface area contributed by atoms with Crippen LogP contribution in [0.25, 0.3) is 0 Å². The Hall–Kier alpha value is -2.18. The van der Waals surface area contributed by atoms with Gasteiger partial charge in [-0.25, -0.2) is 8.78 Å². The normalized spacial score (nSPS) is 21.9. The minimum absolute atomic E-state index is 0.0924. The molecule has 5 nitrogen and oxygen atoms in total. The van der Waals surface area contributed by atoms with Crippen molar-refractivity contribution in [3.63, 3.8) is 0 Å². The van der Waals surface area contributed by atoms with E-state index in [4.69, 9.17) is 0 Å². The number of carbonyl (C=O) groups is 2. The van der Waals surface area contributed by atoms with Gasteiger partial charge in [-0.15, -0.1) is 0 Å². The second-order valence-corrected chi connectivity index (χ2v) is 5.57. The molecule has 2 saturated heterocycles. The summed E-state index contributed by atoms with van der Waals surface area (Å²) in [5.41, 5.74) is 0.223. The number of nitrogens with zero attached hydrogens (tertiary/aromatic N) is 2. The molecule has 3 rings (SSSR count). The van der Waals surface area contributed by atoms with Crippen LogP contribution in [0.5, 0.6) is 0 Å². The maximum Gasteiger partial charge on any atom is 0.245 e. The van der Waals surface area contributed by atoms with E-state index < -0.39 is 17.7 Å². The zero-order valence-electron chi connectivity index (χ0n) is 12.0. The summed E-state index contributed by atoms with van der Waals surface area (Å²) in [4.78, 5) is 26.9. The average molecular weight is 309 g/mol. The molecule has 1 unspecified atom stereocenters. The van der Waals surface area contributed by atoms with E-state index in [-0.39, 0.29) is 17.5 Å². The molecule has 1 aromatic carbocycles. The van der Waals surface area contributed by atoms with E-state index in [2.05, 4.69) is 5.32 Å². The average Bonchev–Trinajstić information content (AvgIpc) is 2.96. The summed E-state index contributed by atoms with van der Waals surface area (Å²) >= 11 is 0. The van der Waals surface area contributed by atoms with Crippen molar-refractivity contribution in [1.82, 2.24) is 10.2 Å². The van der Waals surface area contributed by atoms with Crippen molar-refractivity contribution in [2.75, 3.05) is 31.1 Å². The molecule has 1 N–H and O–H groups in total. The van der Waals surface area contributed by atoms with Crippen molar-refractivity contribution in [1.29, 1.82) is 0 Å². The SMILES string of the molecule is O=C1CCC(C(=O)N2CCN(c3cc(F)ccc3F)CC2)N1. The van der Waals surface area contributed by atoms with Gasteiger partial charge < -0.3 is 15.1 Å². The third-order valence-electron chi connectivity index (χ3n) is 4.13. The predicted octanol–water partition coefficient (Wildman–Crippen LogP) is 0.892. The topological polar surface area (TPSA) is 52.7 Å². The van der Waals surface area contributed by atoms with Gasteiger partial charge in [-0.3, -0.25) is 9.59 Å². The third kappa shape index (κ3) is 2.88. The van der Waals surface area contributed by atoms with Crippen molar-refractivity contribution in [3.8, 4) is 0 Å². The number of rotatable bonds is 2. The molecule has 118 valence electrons. The molecule has 1 aromatic rings. The molecule has 0 aliphatic carbocycles. The first-order chi connectivity index (χ1) is 10.5. The quantitative estimate of drug-likeness (QED) is 0.883. The lowest BCUT2D eigenvalue weighted by molar-refractivity contribution is -0.134. The van der Waals surface area contributed by atoms with Crippen molar-refractivity contribution in [2.45, 2.75) is 18.9 Å². The number of amides is 2. The van der Waals surface area contributed by atoms with Crippen molar-refractivity contribution in [2.24, 2.45) is 0 Å². The maximum absolute atomic E-state index is 13.8. The molecule has 22 heavy (non-hydrogen) atoms. The van der Waals surface area contributed by atoms with Crippen LogP contribution in [0.3, 0.4) is 0 Å². The van der Waals surface area contributed by atoms with Crippen LogP contribution in [0.1, 0.15) is 12.8 Å². The van der Waals surface area contributed by atoms with E-state index >= 15 is 0 Å². The first-order valence-corrected chi connectivity index (χ1v) is 7.33. The van der Waals surface area contributed by atoms with Gasteiger partial charge in [0, 0.05) is 38.7 Å². The molecule has 2 heterocycles. The van der Waals surface area contributed by atoms with Crippen molar-refractivity contribution in [3.05, 3.63) is 29.8 Å². The monoisotopic (exact) mass is 309 g/mol. The van der Waals surface area contributed by atoms with Crippen LogP contribution in [-0.2, 0) is 9.59 Å². The zero-order valence-corrected chi connectivity index (χ0v) is 12.0. The van der Waals surface area contributed by atoms with Gasteiger partial charge in [0.1, 0.15) is 17.7 Å². The van der Waals surface area contributed by atoms with Crippen molar-refractivity contribution >= 4 is 17.5 Å². The summed E-state index contributed by atoms with van der Waals surface area (Å²) in [6.45, 7) is 1.74. The highest BCUT2D eigenvalue weighted by atomic mass is 19.1. The van der Waals surface area contributed by atoms with Gasteiger partial charge in [0.05, 0.1) is 5.69 Å². The molecule has 0 aromatic heterocycles. The van der Waals surface area contributed by atoms with Crippen LogP contribution in [0.4, 0.5) is 14.5 Å². The summed E-state index contributed by atoms with van der Waals surface area (Å²) in [6.07, 6.45) is 0.904. The fraction of sp³-hybridized carbons (Fsp3) is 0.467. The summed E-state index contributed by atoms with van der Waals surface area (Å²) in [7, 11) is 0. The molecule has 0 spiro atoms. The van der Waals surface area contributed by atoms with Crippen LogP contribution in [0.2, 0.25) is 0 Å². The smallest absolute Gasteiger partial charge is 0.245 e. The molecule has 2 fully saturated rings. The number of benzene rings is 1. The third-order valence-corrected chi connectivity index (χ3v) is 4.13. The highest BCUT2D eigenvalue weighted by molar-refractivity contribution is 5.90. The van der Waals surface area contributed by atoms with Crippen LogP contribution >= 0.6 is 0 Å². The first kappa shape index (κ1) is 14.7. The Kier molecular flexibility index (Phi) is 3.96. The number of hydrogen-bond donors (Lipinski definition) is 1. The molecule has 0 radical (unpaired) electrons. The highest BCUT2D eigenvalue weighted by Crippen LogP contribution is 2.22. The minimum Gasteiger partial charge on any atom is -0.366 e. The largest absolute Gasteiger partial charge is 0.366 e. The lowest BCUT2D eigenvalue weighted by Gasteiger charge is -2.37. The van der Waals surface area contributed by atoms with E-state index in [0.29, 0.717) is 39.0 Å². The Labute approximate surface area is 126 Å². The fourth-order valence-corrected chi connectivity index (χ4v) is 2.92. The standard InChI is InChI=1S/C15H17F2N3O2/c16-10-1-2-11(17)13(9-10)19-5-7-20(8-6-19)15(22)12-3-4-14(21)18-12/h1-2,9,12H,3-8H2,(H,18,21). The van der Waals surface area contributed by atoms with Gasteiger partial charge in [-0.1, -0.05) is 0 Å². The Morgan fingerprint density at radius 3 is 2.55 bits per heavy atom. The molecule has 2 aliphatic heterocycles. The number of halogens is 2. The highest BCUT2D eigenvalue weighted by Gasteiger charge is 2.32. The molecule has 0 bridgehead atoms. The van der Waals surface area contributed by atoms with Crippen LogP contribution in [0, 0.1) is 11.6 Å². The summed E-state index contributed by atoms with van der Waals surface area (Å²) in [5.74, 6) is -1.14. The number of hydrogen-bond acceptors (Lipinski definition) is 3. The first-order valence-electron chi connectivity index (χ1n) is 7.33. The van der Waals surface area contributed by atoms with E-state index in [1.807, 2.05) is 0 Å². The van der Waals surface area contributed by atoms with Gasteiger partial charge in [-0.05, 0) is 18.6 Å². The van der Waals surface area contributed by atoms with Crippen molar-refractivity contribution < 1.29 is 18.4 Å². The Bertz CT molecular complexity index is 600. The van der Waals surface area contributed by atoms with Gasteiger partial charge in [0.2, 0.25) is 11.8 Å². The number of nitrogens with one attached hydrogen (secondary N) is 1. The van der Waals surface area contributed by atoms with Crippen LogP contribution in [0.15, 0.2) is 18.2 Å². The Balaban J connectivity index is 1.61. The molecular formula is C15H17F2N3O2. The molecular weight excluding hydrogens is 292 g/mol. The molecule has 7 heteroatoms. The molecule has 1 atom stereocenters. The van der Waals surface area contributed by atoms with E-state index in [1.54, 1.807) is 9.80 Å². The fourth-order valence-electron chi connectivity index (χ4n) is 2.92. The number of carbonyl (C=O) groups excluding carboxylic acids is 2. The predicted molar refractivity (Wildman–Crippen MR) is 76.3 cm³/mol. The lowest BCUT2D eigenvalue weighted by Crippen LogP contribution is -2.53. The molecule has 2 amide bonds. The Morgan fingerprint density at radius 2 is 1.91 bits per heavy atom. The van der Waals surface area contributed by atoms with Crippen LogP contribution in [-0.4, -0.2) is 48.9 Å². The lowest BCUT2D eigenvalue weighted by atomic mass is 10.1. The van der Waals surface area contributed by atoms with E-state index in [0.717, 1.165) is 12.1 Å². The number of anilines is 1. The second-order valence-electron chi connectivity index (χ2n) is 5.57. The van der Waals surface area contributed by atoms with Gasteiger partial charge >= 0.3 is 0 Å². The van der Waals surface area contributed by atoms with Gasteiger partial charge in [0.15, 0.2) is 0 Å². The van der Waals surface area contributed by atoms with E-state index in [1.165, 1.54) is 6.07 Å². The Morgan fingerprint density at radius 1 is 1.18 bits per heavy atom. The zero-order chi connectivity index (χ0) is 15.7. The van der Waals surface area contributed by atoms with Gasteiger partial charge in [0.25, 0.3) is 0 Å². The summed E-state index contributed by atoms with van der Waals surface area (Å²) in [6, 6.07) is 2.92. The molecule has 0 saturated carbocycles. The minimum atomic E-state index is -0.483. The summed E-state index contributed by atoms with van der Waals surface area (Å²) < 4.78 is 27.0. The second kappa shape index (κ2) is 5.90. The van der Waals surface area contributed by atoms with Crippen LogP contribution < -0.4 is 10.2 Å². The maximum atomic E-state index is 13.8. The molecule has 2 aliphatic rings.